The van der Waals surface area contributed by atoms with Crippen molar-refractivity contribution in [2.24, 2.45) is 17.8 Å². The molecular weight excluding hydrogens is 606 g/mol. The second kappa shape index (κ2) is 10.1. The summed E-state index contributed by atoms with van der Waals surface area (Å²) in [4.78, 5) is 64.0. The topological polar surface area (TPSA) is 142 Å². The van der Waals surface area contributed by atoms with Gasteiger partial charge in [0.1, 0.15) is 17.3 Å². The van der Waals surface area contributed by atoms with Crippen LogP contribution in [0.2, 0.25) is 0 Å². The maximum Gasteiger partial charge on any atom is 0.305 e. The number of aliphatic carboxylic acids is 1. The molecule has 43 heavy (non-hydrogen) atoms. The molecule has 2 aliphatic carbocycles. The second-order valence-corrected chi connectivity index (χ2v) is 12.4. The number of likely N-dealkylation sites (tertiary alicyclic amines) is 1. The van der Waals surface area contributed by atoms with Crippen LogP contribution in [0.15, 0.2) is 54.1 Å². The number of rotatable bonds is 6. The smallest absolute Gasteiger partial charge is 0.305 e. The van der Waals surface area contributed by atoms with E-state index in [4.69, 9.17) is 33.0 Å². The molecule has 2 N–H and O–H groups in total. The third kappa shape index (κ3) is 4.01. The predicted octanol–water partition coefficient (Wildman–Crippen LogP) is 3.58. The number of nitrogens with zero attached hydrogens (tertiary/aromatic N) is 2. The number of anilines is 1. The number of methoxy groups -OCH3 is 1. The van der Waals surface area contributed by atoms with Gasteiger partial charge in [-0.05, 0) is 49.1 Å². The monoisotopic (exact) mass is 630 g/mol. The van der Waals surface area contributed by atoms with Gasteiger partial charge in [0, 0.05) is 24.1 Å². The zero-order valence-electron chi connectivity index (χ0n) is 22.6. The molecule has 0 spiro atoms. The largest absolute Gasteiger partial charge is 0.508 e. The van der Waals surface area contributed by atoms with Crippen LogP contribution in [0.3, 0.4) is 0 Å². The summed E-state index contributed by atoms with van der Waals surface area (Å²) in [6.45, 7) is -0.314. The van der Waals surface area contributed by atoms with Gasteiger partial charge in [-0.25, -0.2) is 9.29 Å². The second-order valence-electron chi connectivity index (χ2n) is 11.1. The number of allylic oxidation sites excluding steroid dienone is 2. The lowest BCUT2D eigenvalue weighted by molar-refractivity contribution is -0.142. The third-order valence-corrected chi connectivity index (χ3v) is 10.5. The molecule has 0 radical (unpaired) electrons. The van der Waals surface area contributed by atoms with Crippen molar-refractivity contribution in [3.8, 4) is 11.5 Å². The molecule has 6 unspecified atom stereocenters. The summed E-state index contributed by atoms with van der Waals surface area (Å²) in [5, 5.41) is 20.3. The maximum atomic E-state index is 14.3. The third-order valence-electron chi connectivity index (χ3n) is 9.09. The number of ether oxygens (including phenoxy) is 1. The molecule has 3 fully saturated rings. The lowest BCUT2D eigenvalue weighted by Crippen LogP contribution is -2.60. The molecular formula is C30H25Cl2FN2O8. The molecule has 2 heterocycles. The number of halogens is 3. The highest BCUT2D eigenvalue weighted by atomic mass is 35.5. The molecule has 4 aliphatic rings. The van der Waals surface area contributed by atoms with Gasteiger partial charge in [0.05, 0.1) is 31.1 Å². The number of alkyl halides is 2. The first-order valence-corrected chi connectivity index (χ1v) is 14.3. The number of carbonyl (C=O) groups is 5. The number of amides is 4. The van der Waals surface area contributed by atoms with Crippen LogP contribution in [0.4, 0.5) is 10.1 Å². The summed E-state index contributed by atoms with van der Waals surface area (Å²) in [7, 11) is 1.40. The van der Waals surface area contributed by atoms with E-state index in [0.29, 0.717) is 11.3 Å². The van der Waals surface area contributed by atoms with E-state index in [1.165, 1.54) is 37.4 Å². The minimum atomic E-state index is -2.20. The molecule has 224 valence electrons. The Kier molecular flexibility index (Phi) is 6.81. The van der Waals surface area contributed by atoms with Crippen LogP contribution in [-0.4, -0.2) is 68.1 Å². The average molecular weight is 631 g/mol. The molecule has 10 nitrogen and oxygen atoms in total. The van der Waals surface area contributed by atoms with Gasteiger partial charge in [-0.3, -0.25) is 28.9 Å². The molecule has 2 saturated heterocycles. The standard InChI is InChI=1S/C30H25Cl2FN2O8/c1-43-16-6-7-18(21(36)12-16)24-17-8-9-19-23(26(40)34(25(19)39)11-10-22(37)38)20(17)13-29(31)27(41)35(28(42)30(24,29)32)15-4-2-14(33)3-5-15/h2-8,12,19-20,23-24,36H,9-11,13H2,1H3,(H,37,38). The average Bonchev–Trinajstić information content (AvgIpc) is 3.30. The van der Waals surface area contributed by atoms with Crippen molar-refractivity contribution in [1.82, 2.24) is 4.90 Å². The first-order chi connectivity index (χ1) is 20.3. The first-order valence-electron chi connectivity index (χ1n) is 13.5. The van der Waals surface area contributed by atoms with Crippen molar-refractivity contribution in [1.29, 1.82) is 0 Å². The number of aromatic hydroxyl groups is 1. The maximum absolute atomic E-state index is 14.3. The molecule has 2 aromatic rings. The number of phenolic OH excluding ortho intramolecular Hbond substituents is 1. The fourth-order valence-corrected chi connectivity index (χ4v) is 8.06. The first kappa shape index (κ1) is 29.1. The fourth-order valence-electron chi connectivity index (χ4n) is 7.13. The Morgan fingerprint density at radius 2 is 1.74 bits per heavy atom. The highest BCUT2D eigenvalue weighted by Crippen LogP contribution is 2.66. The SMILES string of the molecule is COc1ccc(C2C3=CCC4C(=O)N(CCC(=O)O)C(=O)C4C3CC3(Cl)C(=O)N(c4ccc(F)cc4)C(=O)C23Cl)c(O)c1. The van der Waals surface area contributed by atoms with Crippen molar-refractivity contribution in [2.75, 3.05) is 18.6 Å². The van der Waals surface area contributed by atoms with E-state index in [9.17, 15) is 33.5 Å². The highest BCUT2D eigenvalue weighted by Gasteiger charge is 2.76. The van der Waals surface area contributed by atoms with Crippen molar-refractivity contribution >= 4 is 58.5 Å². The lowest BCUT2D eigenvalue weighted by Gasteiger charge is -2.50. The zero-order valence-corrected chi connectivity index (χ0v) is 24.1. The Balaban J connectivity index is 1.52. The quantitative estimate of drug-likeness (QED) is 0.280. The van der Waals surface area contributed by atoms with Crippen LogP contribution < -0.4 is 9.64 Å². The minimum Gasteiger partial charge on any atom is -0.508 e. The van der Waals surface area contributed by atoms with Gasteiger partial charge < -0.3 is 14.9 Å². The van der Waals surface area contributed by atoms with Crippen LogP contribution in [0, 0.1) is 23.6 Å². The number of hydrogen-bond acceptors (Lipinski definition) is 7. The number of phenols is 1. The number of carboxylic acids is 1. The minimum absolute atomic E-state index is 0.0327. The lowest BCUT2D eigenvalue weighted by atomic mass is 9.56. The number of hydrogen-bond donors (Lipinski definition) is 2. The van der Waals surface area contributed by atoms with Crippen LogP contribution in [0.5, 0.6) is 11.5 Å². The molecule has 0 aromatic heterocycles. The fraction of sp³-hybridized carbons (Fsp3) is 0.367. The van der Waals surface area contributed by atoms with Gasteiger partial charge in [-0.1, -0.05) is 17.7 Å². The number of benzene rings is 2. The number of carboxylic acid groups (broad SMARTS) is 1. The summed E-state index contributed by atoms with van der Waals surface area (Å²) in [6, 6.07) is 8.99. The van der Waals surface area contributed by atoms with Crippen LogP contribution in [-0.2, 0) is 24.0 Å². The number of imide groups is 2. The Hall–Kier alpha value is -3.96. The molecule has 6 atom stereocenters. The molecule has 1 saturated carbocycles. The van der Waals surface area contributed by atoms with E-state index in [1.807, 2.05) is 0 Å². The van der Waals surface area contributed by atoms with E-state index in [2.05, 4.69) is 0 Å². The van der Waals surface area contributed by atoms with Gasteiger partial charge in [0.15, 0.2) is 9.75 Å². The van der Waals surface area contributed by atoms with E-state index in [0.717, 1.165) is 21.9 Å². The van der Waals surface area contributed by atoms with Gasteiger partial charge in [-0.2, -0.15) is 0 Å². The Morgan fingerprint density at radius 3 is 2.37 bits per heavy atom. The van der Waals surface area contributed by atoms with E-state index >= 15 is 0 Å². The highest BCUT2D eigenvalue weighted by molar-refractivity contribution is 6.58. The molecule has 6 rings (SSSR count). The van der Waals surface area contributed by atoms with E-state index < -0.39 is 75.3 Å². The summed E-state index contributed by atoms with van der Waals surface area (Å²) in [5.74, 6) is -8.58. The molecule has 2 aliphatic heterocycles. The summed E-state index contributed by atoms with van der Waals surface area (Å²) < 4.78 is 19.0. The zero-order chi connectivity index (χ0) is 31.0. The predicted molar refractivity (Wildman–Crippen MR) is 150 cm³/mol. The summed E-state index contributed by atoms with van der Waals surface area (Å²) in [5.41, 5.74) is 0.638. The number of carbonyl (C=O) groups excluding carboxylic acids is 4. The Morgan fingerprint density at radius 1 is 1.05 bits per heavy atom. The van der Waals surface area contributed by atoms with Gasteiger partial charge in [0.25, 0.3) is 11.8 Å². The van der Waals surface area contributed by atoms with Crippen molar-refractivity contribution in [3.63, 3.8) is 0 Å². The van der Waals surface area contributed by atoms with Crippen LogP contribution in [0.1, 0.15) is 30.7 Å². The van der Waals surface area contributed by atoms with Crippen LogP contribution in [0.25, 0.3) is 0 Å². The molecule has 4 amide bonds. The summed E-state index contributed by atoms with van der Waals surface area (Å²) in [6.07, 6.45) is 1.05. The van der Waals surface area contributed by atoms with Crippen molar-refractivity contribution < 1.29 is 43.3 Å². The molecule has 2 aromatic carbocycles. The van der Waals surface area contributed by atoms with Crippen LogP contribution >= 0.6 is 23.2 Å². The van der Waals surface area contributed by atoms with Gasteiger partial charge in [0.2, 0.25) is 11.8 Å². The molecule has 0 bridgehead atoms. The summed E-state index contributed by atoms with van der Waals surface area (Å²) >= 11 is 14.5. The Bertz CT molecular complexity index is 1630. The van der Waals surface area contributed by atoms with E-state index in [1.54, 1.807) is 6.08 Å². The van der Waals surface area contributed by atoms with Gasteiger partial charge >= 0.3 is 5.97 Å². The normalized spacial score (nSPS) is 31.5. The molecule has 13 heteroatoms. The van der Waals surface area contributed by atoms with Crippen molar-refractivity contribution in [3.05, 3.63) is 65.5 Å². The van der Waals surface area contributed by atoms with Crippen molar-refractivity contribution in [2.45, 2.75) is 34.9 Å². The number of fused-ring (bicyclic) bond motifs is 4. The van der Waals surface area contributed by atoms with E-state index in [-0.39, 0.29) is 36.4 Å². The Labute approximate surface area is 254 Å². The van der Waals surface area contributed by atoms with Gasteiger partial charge in [-0.15, -0.1) is 23.2 Å².